The van der Waals surface area contributed by atoms with E-state index in [1.54, 1.807) is 14.1 Å². The first-order chi connectivity index (χ1) is 11.9. The molecule has 2 aromatic carbocycles. The molecule has 3 rings (SSSR count). The fourth-order valence-electron chi connectivity index (χ4n) is 2.87. The van der Waals surface area contributed by atoms with Crippen molar-refractivity contribution in [3.63, 3.8) is 0 Å². The Kier molecular flexibility index (Phi) is 4.53. The smallest absolute Gasteiger partial charge is 0.289 e. The van der Waals surface area contributed by atoms with Crippen molar-refractivity contribution < 1.29 is 9.21 Å². The third kappa shape index (κ3) is 3.25. The van der Waals surface area contributed by atoms with Crippen LogP contribution in [0.5, 0.6) is 0 Å². The number of hydrogen-bond acceptors (Lipinski definition) is 3. The van der Waals surface area contributed by atoms with Crippen LogP contribution in [0.2, 0.25) is 0 Å². The first kappa shape index (κ1) is 17.1. The number of nitrogens with one attached hydrogen (secondary N) is 1. The minimum Gasteiger partial charge on any atom is -0.450 e. The Morgan fingerprint density at radius 2 is 1.76 bits per heavy atom. The molecule has 3 aromatic rings. The molecule has 0 saturated carbocycles. The van der Waals surface area contributed by atoms with E-state index >= 15 is 0 Å². The van der Waals surface area contributed by atoms with Crippen LogP contribution >= 0.6 is 0 Å². The number of carbonyl (C=O) groups excluding carboxylic acids is 1. The van der Waals surface area contributed by atoms with Crippen LogP contribution in [-0.4, -0.2) is 32.0 Å². The van der Waals surface area contributed by atoms with E-state index < -0.39 is 0 Å². The number of furan rings is 1. The molecule has 0 fully saturated rings. The Bertz CT molecular complexity index is 906. The predicted octanol–water partition coefficient (Wildman–Crippen LogP) is 4.97. The minimum atomic E-state index is -0.126. The van der Waals surface area contributed by atoms with E-state index in [0.717, 1.165) is 27.8 Å². The highest BCUT2D eigenvalue weighted by Crippen LogP contribution is 2.35. The number of amides is 1. The Morgan fingerprint density at radius 1 is 1.08 bits per heavy atom. The normalized spacial score (nSPS) is 11.1. The maximum absolute atomic E-state index is 12.3. The molecule has 0 aliphatic carbocycles. The van der Waals surface area contributed by atoms with Gasteiger partial charge in [0.2, 0.25) is 0 Å². The summed E-state index contributed by atoms with van der Waals surface area (Å²) in [4.78, 5) is 13.8. The molecule has 1 amide bonds. The second-order valence-corrected chi connectivity index (χ2v) is 6.78. The van der Waals surface area contributed by atoms with Crippen LogP contribution in [0.4, 0.5) is 5.69 Å². The van der Waals surface area contributed by atoms with Gasteiger partial charge in [-0.05, 0) is 47.4 Å². The number of anilines is 1. The van der Waals surface area contributed by atoms with Crippen molar-refractivity contribution >= 4 is 22.6 Å². The predicted molar refractivity (Wildman–Crippen MR) is 103 cm³/mol. The van der Waals surface area contributed by atoms with Gasteiger partial charge >= 0.3 is 0 Å². The highest BCUT2D eigenvalue weighted by Gasteiger charge is 2.18. The van der Waals surface area contributed by atoms with Gasteiger partial charge in [-0.2, -0.15) is 0 Å². The van der Waals surface area contributed by atoms with E-state index in [-0.39, 0.29) is 5.91 Å². The molecule has 0 spiro atoms. The van der Waals surface area contributed by atoms with Gasteiger partial charge in [0, 0.05) is 37.8 Å². The summed E-state index contributed by atoms with van der Waals surface area (Å²) in [5.41, 5.74) is 5.13. The van der Waals surface area contributed by atoms with Crippen molar-refractivity contribution in [2.45, 2.75) is 19.8 Å². The van der Waals surface area contributed by atoms with Crippen LogP contribution in [0.25, 0.3) is 22.1 Å². The average molecular weight is 336 g/mol. The lowest BCUT2D eigenvalue weighted by Gasteiger charge is -2.10. The summed E-state index contributed by atoms with van der Waals surface area (Å²) in [6, 6.07) is 14.3. The fourth-order valence-corrected chi connectivity index (χ4v) is 2.87. The highest BCUT2D eigenvalue weighted by molar-refractivity contribution is 6.00. The molecule has 1 N–H and O–H groups in total. The molecule has 1 heterocycles. The lowest BCUT2D eigenvalue weighted by atomic mass is 9.95. The molecule has 0 atom stereocenters. The third-order valence-electron chi connectivity index (χ3n) is 4.41. The lowest BCUT2D eigenvalue weighted by Crippen LogP contribution is -2.20. The summed E-state index contributed by atoms with van der Waals surface area (Å²) in [6.07, 6.45) is 0. The van der Waals surface area contributed by atoms with Gasteiger partial charge in [0.25, 0.3) is 5.91 Å². The highest BCUT2D eigenvalue weighted by atomic mass is 16.3. The first-order valence-electron chi connectivity index (χ1n) is 8.48. The van der Waals surface area contributed by atoms with Gasteiger partial charge in [-0.3, -0.25) is 4.79 Å². The molecular weight excluding hydrogens is 312 g/mol. The van der Waals surface area contributed by atoms with Crippen LogP contribution in [0, 0.1) is 0 Å². The first-order valence-corrected chi connectivity index (χ1v) is 8.48. The van der Waals surface area contributed by atoms with Crippen molar-refractivity contribution in [3.05, 3.63) is 53.8 Å². The Hall–Kier alpha value is -2.75. The summed E-state index contributed by atoms with van der Waals surface area (Å²) in [5.74, 6) is 0.635. The summed E-state index contributed by atoms with van der Waals surface area (Å²) < 4.78 is 5.96. The van der Waals surface area contributed by atoms with Crippen molar-refractivity contribution in [3.8, 4) is 11.1 Å². The van der Waals surface area contributed by atoms with Gasteiger partial charge in [-0.1, -0.05) is 26.0 Å². The molecule has 0 aliphatic heterocycles. The quantitative estimate of drug-likeness (QED) is 0.732. The van der Waals surface area contributed by atoms with E-state index in [1.807, 2.05) is 25.2 Å². The van der Waals surface area contributed by atoms with E-state index in [1.165, 1.54) is 10.5 Å². The standard InChI is InChI=1S/C21H24N2O2/c1-13(2)15-10-16-12-19(21(24)23(4)5)25-20(16)18(11-15)14-6-8-17(22-3)9-7-14/h6-13,22H,1-5H3. The van der Waals surface area contributed by atoms with Crippen LogP contribution in [-0.2, 0) is 0 Å². The molecular formula is C21H24N2O2. The molecule has 1 aromatic heterocycles. The molecule has 130 valence electrons. The van der Waals surface area contributed by atoms with Crippen LogP contribution < -0.4 is 5.32 Å². The summed E-state index contributed by atoms with van der Waals surface area (Å²) in [6.45, 7) is 4.34. The second-order valence-electron chi connectivity index (χ2n) is 6.78. The van der Waals surface area contributed by atoms with Gasteiger partial charge in [-0.15, -0.1) is 0 Å². The zero-order valence-electron chi connectivity index (χ0n) is 15.4. The van der Waals surface area contributed by atoms with E-state index in [2.05, 4.69) is 43.4 Å². The topological polar surface area (TPSA) is 45.5 Å². The molecule has 0 unspecified atom stereocenters. The molecule has 4 heteroatoms. The molecule has 0 aliphatic rings. The fraction of sp³-hybridized carbons (Fsp3) is 0.286. The summed E-state index contributed by atoms with van der Waals surface area (Å²) in [7, 11) is 5.36. The molecule has 25 heavy (non-hydrogen) atoms. The maximum atomic E-state index is 12.3. The number of hydrogen-bond donors (Lipinski definition) is 1. The van der Waals surface area contributed by atoms with E-state index in [9.17, 15) is 4.79 Å². The van der Waals surface area contributed by atoms with E-state index in [0.29, 0.717) is 11.7 Å². The van der Waals surface area contributed by atoms with Gasteiger partial charge in [0.05, 0.1) is 0 Å². The number of benzene rings is 2. The molecule has 0 bridgehead atoms. The monoisotopic (exact) mass is 336 g/mol. The minimum absolute atomic E-state index is 0.126. The lowest BCUT2D eigenvalue weighted by molar-refractivity contribution is 0.0799. The molecule has 0 radical (unpaired) electrons. The van der Waals surface area contributed by atoms with Gasteiger partial charge < -0.3 is 14.6 Å². The zero-order valence-corrected chi connectivity index (χ0v) is 15.4. The number of nitrogens with zero attached hydrogens (tertiary/aromatic N) is 1. The van der Waals surface area contributed by atoms with Crippen molar-refractivity contribution in [1.82, 2.24) is 4.90 Å². The Balaban J connectivity index is 2.21. The van der Waals surface area contributed by atoms with Crippen LogP contribution in [0.15, 0.2) is 46.9 Å². The summed E-state index contributed by atoms with van der Waals surface area (Å²) in [5, 5.41) is 4.09. The average Bonchev–Trinajstić information content (AvgIpc) is 3.04. The summed E-state index contributed by atoms with van der Waals surface area (Å²) >= 11 is 0. The zero-order chi connectivity index (χ0) is 18.1. The van der Waals surface area contributed by atoms with Crippen molar-refractivity contribution in [2.75, 3.05) is 26.5 Å². The van der Waals surface area contributed by atoms with Crippen LogP contribution in [0.1, 0.15) is 35.9 Å². The van der Waals surface area contributed by atoms with Crippen LogP contribution in [0.3, 0.4) is 0 Å². The number of rotatable bonds is 4. The van der Waals surface area contributed by atoms with Gasteiger partial charge in [0.15, 0.2) is 5.76 Å². The molecule has 0 saturated heterocycles. The van der Waals surface area contributed by atoms with Gasteiger partial charge in [0.1, 0.15) is 5.58 Å². The maximum Gasteiger partial charge on any atom is 0.289 e. The Labute approximate surface area is 148 Å². The third-order valence-corrected chi connectivity index (χ3v) is 4.41. The largest absolute Gasteiger partial charge is 0.450 e. The number of carbonyl (C=O) groups is 1. The molecule has 4 nitrogen and oxygen atoms in total. The van der Waals surface area contributed by atoms with Crippen molar-refractivity contribution in [1.29, 1.82) is 0 Å². The van der Waals surface area contributed by atoms with Gasteiger partial charge in [-0.25, -0.2) is 0 Å². The second kappa shape index (κ2) is 6.63. The van der Waals surface area contributed by atoms with E-state index in [4.69, 9.17) is 4.42 Å². The SMILES string of the molecule is CNc1ccc(-c2cc(C(C)C)cc3cc(C(=O)N(C)C)oc23)cc1. The Morgan fingerprint density at radius 3 is 2.32 bits per heavy atom. The number of fused-ring (bicyclic) bond motifs is 1. The van der Waals surface area contributed by atoms with Crippen molar-refractivity contribution in [2.24, 2.45) is 0 Å².